The van der Waals surface area contributed by atoms with Crippen molar-refractivity contribution in [3.05, 3.63) is 42.5 Å². The third kappa shape index (κ3) is 3.52. The van der Waals surface area contributed by atoms with E-state index in [4.69, 9.17) is 0 Å². The Hall–Kier alpha value is -2.37. The topological polar surface area (TPSA) is 63.1 Å². The van der Waals surface area contributed by atoms with Crippen LogP contribution in [0.15, 0.2) is 36.9 Å². The lowest BCUT2D eigenvalue weighted by atomic mass is 10.1. The minimum Gasteiger partial charge on any atom is -0.331 e. The highest BCUT2D eigenvalue weighted by Gasteiger charge is 2.38. The smallest absolute Gasteiger partial charge is 0.318 e. The lowest BCUT2D eigenvalue weighted by Crippen LogP contribution is -2.47. The fraction of sp³-hybridized carbons (Fsp3) is 0.526. The first-order chi connectivity index (χ1) is 12.2. The van der Waals surface area contributed by atoms with Gasteiger partial charge in [0.2, 0.25) is 0 Å². The second-order valence-electron chi connectivity index (χ2n) is 7.18. The molecule has 2 fully saturated rings. The van der Waals surface area contributed by atoms with Gasteiger partial charge in [0.15, 0.2) is 0 Å². The van der Waals surface area contributed by atoms with Gasteiger partial charge in [-0.1, -0.05) is 25.0 Å². The van der Waals surface area contributed by atoms with Crippen molar-refractivity contribution in [2.24, 2.45) is 0 Å². The highest BCUT2D eigenvalue weighted by atomic mass is 16.2. The molecule has 1 N–H and O–H groups in total. The molecule has 2 aliphatic rings. The van der Waals surface area contributed by atoms with Crippen molar-refractivity contribution >= 4 is 6.03 Å². The van der Waals surface area contributed by atoms with Crippen molar-refractivity contribution in [2.75, 3.05) is 0 Å². The van der Waals surface area contributed by atoms with Crippen molar-refractivity contribution in [1.29, 1.82) is 0 Å². The van der Waals surface area contributed by atoms with Crippen LogP contribution in [-0.2, 0) is 0 Å². The minimum atomic E-state index is -0.0139. The molecule has 132 valence electrons. The van der Waals surface area contributed by atoms with Gasteiger partial charge in [0.25, 0.3) is 0 Å². The highest BCUT2D eigenvalue weighted by molar-refractivity contribution is 5.76. The number of amides is 2. The van der Waals surface area contributed by atoms with Crippen LogP contribution in [0.25, 0.3) is 5.69 Å². The summed E-state index contributed by atoms with van der Waals surface area (Å²) in [6.45, 7) is 2.04. The average Bonchev–Trinajstić information content (AvgIpc) is 3.09. The van der Waals surface area contributed by atoms with Gasteiger partial charge < -0.3 is 10.2 Å². The zero-order chi connectivity index (χ0) is 17.2. The first-order valence-corrected chi connectivity index (χ1v) is 9.26. The Labute approximate surface area is 148 Å². The van der Waals surface area contributed by atoms with Gasteiger partial charge in [-0.2, -0.15) is 5.10 Å². The SMILES string of the molecule is CC(NC(=O)N(C1CCCC1)C1CC1)c1ccc(-n2cncn2)cc1. The van der Waals surface area contributed by atoms with Gasteiger partial charge in [0, 0.05) is 12.1 Å². The van der Waals surface area contributed by atoms with E-state index in [1.54, 1.807) is 11.0 Å². The number of hydrogen-bond acceptors (Lipinski definition) is 3. The Kier molecular flexibility index (Phi) is 4.42. The van der Waals surface area contributed by atoms with Crippen molar-refractivity contribution in [3.63, 3.8) is 0 Å². The first-order valence-electron chi connectivity index (χ1n) is 9.26. The van der Waals surface area contributed by atoms with Crippen LogP contribution < -0.4 is 5.32 Å². The predicted molar refractivity (Wildman–Crippen MR) is 95.4 cm³/mol. The van der Waals surface area contributed by atoms with Crippen LogP contribution >= 0.6 is 0 Å². The fourth-order valence-corrected chi connectivity index (χ4v) is 3.77. The van der Waals surface area contributed by atoms with Crippen molar-refractivity contribution in [2.45, 2.75) is 63.6 Å². The second-order valence-corrected chi connectivity index (χ2v) is 7.18. The molecular formula is C19H25N5O. The summed E-state index contributed by atoms with van der Waals surface area (Å²) in [5.41, 5.74) is 2.06. The lowest BCUT2D eigenvalue weighted by molar-refractivity contribution is 0.167. The molecule has 4 rings (SSSR count). The molecule has 1 heterocycles. The summed E-state index contributed by atoms with van der Waals surface area (Å²) in [6.07, 6.45) is 10.3. The third-order valence-electron chi connectivity index (χ3n) is 5.31. The minimum absolute atomic E-state index is 0.0139. The maximum absolute atomic E-state index is 12.8. The first kappa shape index (κ1) is 16.1. The average molecular weight is 339 g/mol. The summed E-state index contributed by atoms with van der Waals surface area (Å²) < 4.78 is 1.72. The van der Waals surface area contributed by atoms with Gasteiger partial charge >= 0.3 is 6.03 Å². The van der Waals surface area contributed by atoms with E-state index in [-0.39, 0.29) is 12.1 Å². The highest BCUT2D eigenvalue weighted by Crippen LogP contribution is 2.34. The molecule has 1 atom stereocenters. The van der Waals surface area contributed by atoms with Crippen LogP contribution in [0, 0.1) is 0 Å². The second kappa shape index (κ2) is 6.86. The largest absolute Gasteiger partial charge is 0.331 e. The number of rotatable bonds is 5. The molecule has 25 heavy (non-hydrogen) atoms. The van der Waals surface area contributed by atoms with E-state index in [2.05, 4.69) is 20.3 Å². The van der Waals surface area contributed by atoms with Gasteiger partial charge in [-0.3, -0.25) is 0 Å². The molecule has 0 bridgehead atoms. The molecule has 6 heteroatoms. The van der Waals surface area contributed by atoms with Crippen LogP contribution in [0.4, 0.5) is 4.79 Å². The molecule has 0 saturated heterocycles. The molecule has 2 amide bonds. The van der Waals surface area contributed by atoms with Crippen LogP contribution in [0.3, 0.4) is 0 Å². The van der Waals surface area contributed by atoms with Crippen molar-refractivity contribution < 1.29 is 4.79 Å². The Balaban J connectivity index is 1.42. The summed E-state index contributed by atoms with van der Waals surface area (Å²) >= 11 is 0. The maximum Gasteiger partial charge on any atom is 0.318 e. The predicted octanol–water partition coefficient (Wildman–Crippen LogP) is 3.44. The quantitative estimate of drug-likeness (QED) is 0.907. The Morgan fingerprint density at radius 1 is 1.16 bits per heavy atom. The van der Waals surface area contributed by atoms with Gasteiger partial charge in [-0.25, -0.2) is 14.5 Å². The zero-order valence-corrected chi connectivity index (χ0v) is 14.6. The van der Waals surface area contributed by atoms with Crippen molar-refractivity contribution in [1.82, 2.24) is 25.0 Å². The van der Waals surface area contributed by atoms with E-state index >= 15 is 0 Å². The Morgan fingerprint density at radius 2 is 1.84 bits per heavy atom. The zero-order valence-electron chi connectivity index (χ0n) is 14.6. The summed E-state index contributed by atoms with van der Waals surface area (Å²) in [4.78, 5) is 18.9. The molecule has 2 aliphatic carbocycles. The molecule has 0 spiro atoms. The molecule has 0 radical (unpaired) electrons. The van der Waals surface area contributed by atoms with Crippen LogP contribution in [0.5, 0.6) is 0 Å². The van der Waals surface area contributed by atoms with E-state index in [1.165, 1.54) is 19.2 Å². The van der Waals surface area contributed by atoms with E-state index < -0.39 is 0 Å². The normalized spacial score (nSPS) is 18.9. The van der Waals surface area contributed by atoms with Crippen LogP contribution in [0.2, 0.25) is 0 Å². The number of benzene rings is 1. The molecule has 2 aromatic rings. The molecule has 1 aromatic carbocycles. The van der Waals surface area contributed by atoms with Crippen LogP contribution in [0.1, 0.15) is 57.1 Å². The lowest BCUT2D eigenvalue weighted by Gasteiger charge is -2.30. The summed E-state index contributed by atoms with van der Waals surface area (Å²) in [7, 11) is 0. The Morgan fingerprint density at radius 3 is 2.44 bits per heavy atom. The number of hydrogen-bond donors (Lipinski definition) is 1. The maximum atomic E-state index is 12.8. The van der Waals surface area contributed by atoms with Crippen LogP contribution in [-0.4, -0.2) is 37.8 Å². The van der Waals surface area contributed by atoms with Crippen molar-refractivity contribution in [3.8, 4) is 5.69 Å². The number of urea groups is 1. The summed E-state index contributed by atoms with van der Waals surface area (Å²) in [5, 5.41) is 7.33. The van der Waals surface area contributed by atoms with E-state index in [1.807, 2.05) is 31.2 Å². The molecule has 0 aliphatic heterocycles. The number of carbonyl (C=O) groups excluding carboxylic acids is 1. The van der Waals surface area contributed by atoms with Gasteiger partial charge in [0.05, 0.1) is 11.7 Å². The van der Waals surface area contributed by atoms with Gasteiger partial charge in [-0.05, 0) is 50.3 Å². The molecular weight excluding hydrogens is 314 g/mol. The molecule has 1 unspecified atom stereocenters. The standard InChI is InChI=1S/C19H25N5O/c1-14(15-6-8-16(9-7-15)23-13-20-12-21-23)22-19(25)24(18-10-11-18)17-4-2-3-5-17/h6-9,12-14,17-18H,2-5,10-11H2,1H3,(H,22,25). The summed E-state index contributed by atoms with van der Waals surface area (Å²) in [6, 6.07) is 9.07. The third-order valence-corrected chi connectivity index (χ3v) is 5.31. The summed E-state index contributed by atoms with van der Waals surface area (Å²) in [5.74, 6) is 0. The number of carbonyl (C=O) groups is 1. The van der Waals surface area contributed by atoms with Gasteiger partial charge in [0.1, 0.15) is 12.7 Å². The number of nitrogens with zero attached hydrogens (tertiary/aromatic N) is 4. The van der Waals surface area contributed by atoms with E-state index in [9.17, 15) is 4.79 Å². The molecule has 1 aromatic heterocycles. The number of nitrogens with one attached hydrogen (secondary N) is 1. The van der Waals surface area contributed by atoms with E-state index in [0.29, 0.717) is 12.1 Å². The number of aromatic nitrogens is 3. The Bertz CT molecular complexity index is 702. The van der Waals surface area contributed by atoms with E-state index in [0.717, 1.165) is 36.9 Å². The van der Waals surface area contributed by atoms with Gasteiger partial charge in [-0.15, -0.1) is 0 Å². The fourth-order valence-electron chi connectivity index (χ4n) is 3.77. The monoisotopic (exact) mass is 339 g/mol. The molecule has 6 nitrogen and oxygen atoms in total. The molecule has 2 saturated carbocycles.